The third-order valence-corrected chi connectivity index (χ3v) is 21.2. The topological polar surface area (TPSA) is 237 Å². The van der Waals surface area contributed by atoms with Crippen LogP contribution in [0.5, 0.6) is 0 Å². The van der Waals surface area contributed by atoms with Gasteiger partial charge in [-0.1, -0.05) is 388 Å². The van der Waals surface area contributed by atoms with Crippen LogP contribution in [-0.2, 0) is 65.4 Å². The minimum absolute atomic E-state index is 0.108. The summed E-state index contributed by atoms with van der Waals surface area (Å²) in [5.41, 5.74) is 0. The van der Waals surface area contributed by atoms with Crippen LogP contribution >= 0.6 is 15.6 Å². The molecule has 0 fully saturated rings. The number of phosphoric ester groups is 2. The Morgan fingerprint density at radius 3 is 0.673 bits per heavy atom. The summed E-state index contributed by atoms with van der Waals surface area (Å²) in [6, 6.07) is 0. The molecule has 0 aliphatic carbocycles. The lowest BCUT2D eigenvalue weighted by atomic mass is 10.0. The average Bonchev–Trinajstić information content (AvgIpc) is 1.13. The second kappa shape index (κ2) is 74.9. The normalized spacial score (nSPS) is 13.8. The van der Waals surface area contributed by atoms with E-state index in [0.29, 0.717) is 25.7 Å². The van der Waals surface area contributed by atoms with E-state index in [2.05, 4.69) is 34.6 Å². The lowest BCUT2D eigenvalue weighted by Gasteiger charge is -2.21. The zero-order valence-electron chi connectivity index (χ0n) is 66.1. The molecule has 0 spiro atoms. The Hall–Kier alpha value is -1.94. The van der Waals surface area contributed by atoms with Crippen molar-refractivity contribution in [2.24, 2.45) is 5.92 Å². The van der Waals surface area contributed by atoms with Gasteiger partial charge in [-0.3, -0.25) is 37.3 Å². The van der Waals surface area contributed by atoms with Crippen molar-refractivity contribution in [2.45, 2.75) is 457 Å². The Morgan fingerprint density at radius 2 is 0.455 bits per heavy atom. The number of hydrogen-bond acceptors (Lipinski definition) is 15. The van der Waals surface area contributed by atoms with Crippen LogP contribution in [0.4, 0.5) is 0 Å². The molecule has 0 saturated heterocycles. The van der Waals surface area contributed by atoms with Crippen LogP contribution in [0, 0.1) is 5.92 Å². The maximum absolute atomic E-state index is 13.1. The van der Waals surface area contributed by atoms with Gasteiger partial charge in [-0.05, 0) is 31.6 Å². The van der Waals surface area contributed by atoms with Crippen molar-refractivity contribution in [3.8, 4) is 0 Å². The lowest BCUT2D eigenvalue weighted by Crippen LogP contribution is -2.30. The Kier molecular flexibility index (Phi) is 73.5. The molecule has 0 aliphatic rings. The molecule has 0 aromatic carbocycles. The quantitative estimate of drug-likeness (QED) is 0.0222. The monoisotopic (exact) mass is 1480 g/mol. The fourth-order valence-corrected chi connectivity index (χ4v) is 14.3. The fraction of sp³-hybridized carbons (Fsp3) is 0.951. The molecule has 2 unspecified atom stereocenters. The summed E-state index contributed by atoms with van der Waals surface area (Å²) in [6.45, 7) is 7.35. The Balaban J connectivity index is 5.19. The number of aliphatic hydroxyl groups is 1. The first-order valence-electron chi connectivity index (χ1n) is 42.6. The Bertz CT molecular complexity index is 1930. The van der Waals surface area contributed by atoms with Gasteiger partial charge in [0.05, 0.1) is 26.4 Å². The van der Waals surface area contributed by atoms with Crippen LogP contribution in [0.2, 0.25) is 0 Å². The molecule has 0 saturated carbocycles. The van der Waals surface area contributed by atoms with Crippen molar-refractivity contribution in [1.82, 2.24) is 0 Å². The minimum atomic E-state index is -4.96. The SMILES string of the molecule is CCCCCCCCCCCCCCCCCCCCCCCC(=O)O[C@H](COC(=O)CCCCCCCCCCCCCCCCCCC(C)C)COP(=O)(O)OC[C@@H](O)COP(=O)(O)OC[C@@H](COC(=O)CCCCCCCCCCCC)OC(=O)CCCCCCCCCCCCC. The highest BCUT2D eigenvalue weighted by Crippen LogP contribution is 2.45. The summed E-state index contributed by atoms with van der Waals surface area (Å²) in [5, 5.41) is 10.6. The molecule has 0 radical (unpaired) electrons. The van der Waals surface area contributed by atoms with Crippen LogP contribution in [0.3, 0.4) is 0 Å². The number of ether oxygens (including phenoxy) is 4. The smallest absolute Gasteiger partial charge is 0.462 e. The fourth-order valence-electron chi connectivity index (χ4n) is 12.8. The molecule has 101 heavy (non-hydrogen) atoms. The number of aliphatic hydroxyl groups excluding tert-OH is 1. The molecule has 0 aliphatic heterocycles. The summed E-state index contributed by atoms with van der Waals surface area (Å²) in [6.07, 6.45) is 66.7. The van der Waals surface area contributed by atoms with Gasteiger partial charge in [0.25, 0.3) is 0 Å². The van der Waals surface area contributed by atoms with E-state index in [-0.39, 0.29) is 25.7 Å². The zero-order valence-corrected chi connectivity index (χ0v) is 67.8. The van der Waals surface area contributed by atoms with Gasteiger partial charge in [-0.25, -0.2) is 9.13 Å². The summed E-state index contributed by atoms with van der Waals surface area (Å²) >= 11 is 0. The van der Waals surface area contributed by atoms with Gasteiger partial charge in [0, 0.05) is 25.7 Å². The lowest BCUT2D eigenvalue weighted by molar-refractivity contribution is -0.161. The van der Waals surface area contributed by atoms with Gasteiger partial charge in [0.15, 0.2) is 12.2 Å². The summed E-state index contributed by atoms with van der Waals surface area (Å²) in [4.78, 5) is 73.0. The largest absolute Gasteiger partial charge is 0.472 e. The van der Waals surface area contributed by atoms with Gasteiger partial charge < -0.3 is 33.8 Å². The third-order valence-electron chi connectivity index (χ3n) is 19.3. The number of hydrogen-bond donors (Lipinski definition) is 3. The van der Waals surface area contributed by atoms with E-state index in [1.54, 1.807) is 0 Å². The number of rotatable bonds is 82. The highest BCUT2D eigenvalue weighted by Gasteiger charge is 2.30. The predicted molar refractivity (Wildman–Crippen MR) is 414 cm³/mol. The van der Waals surface area contributed by atoms with Crippen molar-refractivity contribution >= 4 is 39.5 Å². The maximum Gasteiger partial charge on any atom is 0.472 e. The van der Waals surface area contributed by atoms with Crippen LogP contribution < -0.4 is 0 Å². The molecule has 19 heteroatoms. The molecular weight excluding hydrogens is 1320 g/mol. The van der Waals surface area contributed by atoms with Crippen LogP contribution in [0.1, 0.15) is 439 Å². The Labute approximate surface area is 619 Å². The third kappa shape index (κ3) is 76.1. The first kappa shape index (κ1) is 99.1. The van der Waals surface area contributed by atoms with E-state index >= 15 is 0 Å². The zero-order chi connectivity index (χ0) is 74.1. The highest BCUT2D eigenvalue weighted by atomic mass is 31.2. The first-order valence-corrected chi connectivity index (χ1v) is 45.6. The molecule has 5 atom stereocenters. The highest BCUT2D eigenvalue weighted by molar-refractivity contribution is 7.47. The first-order chi connectivity index (χ1) is 49.0. The predicted octanol–water partition coefficient (Wildman–Crippen LogP) is 24.8. The van der Waals surface area contributed by atoms with Crippen molar-refractivity contribution in [3.05, 3.63) is 0 Å². The van der Waals surface area contributed by atoms with E-state index in [1.165, 1.54) is 263 Å². The van der Waals surface area contributed by atoms with E-state index in [0.717, 1.165) is 95.8 Å². The van der Waals surface area contributed by atoms with Crippen molar-refractivity contribution in [1.29, 1.82) is 0 Å². The molecule has 17 nitrogen and oxygen atoms in total. The molecule has 0 aromatic heterocycles. The van der Waals surface area contributed by atoms with Gasteiger partial charge in [0.1, 0.15) is 19.3 Å². The Morgan fingerprint density at radius 1 is 0.267 bits per heavy atom. The van der Waals surface area contributed by atoms with Gasteiger partial charge in [-0.2, -0.15) is 0 Å². The molecule has 0 rings (SSSR count). The van der Waals surface area contributed by atoms with Crippen LogP contribution in [0.15, 0.2) is 0 Å². The maximum atomic E-state index is 13.1. The number of unbranched alkanes of at least 4 members (excludes halogenated alkanes) is 54. The van der Waals surface area contributed by atoms with Gasteiger partial charge in [-0.15, -0.1) is 0 Å². The van der Waals surface area contributed by atoms with Crippen LogP contribution in [-0.4, -0.2) is 96.7 Å². The van der Waals surface area contributed by atoms with E-state index in [9.17, 15) is 43.2 Å². The van der Waals surface area contributed by atoms with Gasteiger partial charge in [0.2, 0.25) is 0 Å². The molecule has 0 bridgehead atoms. The van der Waals surface area contributed by atoms with E-state index in [1.807, 2.05) is 0 Å². The summed E-state index contributed by atoms with van der Waals surface area (Å²) in [5.74, 6) is -1.29. The van der Waals surface area contributed by atoms with E-state index < -0.39 is 97.5 Å². The number of carbonyl (C=O) groups excluding carboxylic acids is 4. The van der Waals surface area contributed by atoms with E-state index in [4.69, 9.17) is 37.0 Å². The average molecular weight is 1480 g/mol. The van der Waals surface area contributed by atoms with Crippen LogP contribution in [0.25, 0.3) is 0 Å². The standard InChI is InChI=1S/C82H160O17P2/c1-6-9-12-15-18-21-24-25-26-27-28-29-30-31-36-39-43-48-53-58-63-68-82(87)99-78(72-93-80(85)66-61-56-51-46-42-38-35-33-32-34-37-41-44-49-54-59-64-75(4)5)74-97-101(90,91)95-70-76(83)69-94-100(88,89)96-73-77(71-92-79(84)65-60-55-50-45-23-20-17-14-11-8-3)98-81(86)67-62-57-52-47-40-22-19-16-13-10-7-2/h75-78,83H,6-74H2,1-5H3,(H,88,89)(H,90,91)/t76-,77+,78+/m0/s1. The van der Waals surface area contributed by atoms with Crippen molar-refractivity contribution in [2.75, 3.05) is 39.6 Å². The summed E-state index contributed by atoms with van der Waals surface area (Å²) < 4.78 is 68.7. The molecule has 0 amide bonds. The molecule has 3 N–H and O–H groups in total. The molecular formula is C82H160O17P2. The second-order valence-electron chi connectivity index (χ2n) is 30.0. The number of esters is 4. The molecule has 600 valence electrons. The molecule has 0 heterocycles. The number of phosphoric acid groups is 2. The van der Waals surface area contributed by atoms with Gasteiger partial charge >= 0.3 is 39.5 Å². The van der Waals surface area contributed by atoms with Crippen molar-refractivity contribution < 1.29 is 80.2 Å². The number of carbonyl (C=O) groups is 4. The van der Waals surface area contributed by atoms with Crippen molar-refractivity contribution in [3.63, 3.8) is 0 Å². The summed E-state index contributed by atoms with van der Waals surface area (Å²) in [7, 11) is -9.92. The molecule has 0 aromatic rings. The second-order valence-corrected chi connectivity index (χ2v) is 32.9. The minimum Gasteiger partial charge on any atom is -0.462 e.